The second kappa shape index (κ2) is 9.44. The summed E-state index contributed by atoms with van der Waals surface area (Å²) in [6.45, 7) is 0.580. The molecular weight excluding hydrogens is 456 g/mol. The lowest BCUT2D eigenvalue weighted by Gasteiger charge is -2.30. The van der Waals surface area contributed by atoms with Gasteiger partial charge in [0.1, 0.15) is 5.01 Å². The van der Waals surface area contributed by atoms with Crippen molar-refractivity contribution >= 4 is 44.0 Å². The first kappa shape index (κ1) is 21.9. The van der Waals surface area contributed by atoms with Gasteiger partial charge in [0, 0.05) is 30.5 Å². The summed E-state index contributed by atoms with van der Waals surface area (Å²) in [5, 5.41) is 12.8. The van der Waals surface area contributed by atoms with Crippen LogP contribution in [0.25, 0.3) is 0 Å². The van der Waals surface area contributed by atoms with Crippen LogP contribution in [-0.2, 0) is 21.2 Å². The summed E-state index contributed by atoms with van der Waals surface area (Å²) < 4.78 is 27.0. The van der Waals surface area contributed by atoms with Gasteiger partial charge in [0.2, 0.25) is 21.1 Å². The third kappa shape index (κ3) is 5.30. The summed E-state index contributed by atoms with van der Waals surface area (Å²) >= 11 is 7.20. The Morgan fingerprint density at radius 3 is 2.42 bits per heavy atom. The predicted molar refractivity (Wildman–Crippen MR) is 121 cm³/mol. The Bertz CT molecular complexity index is 1140. The number of carbonyl (C=O) groups is 1. The molecule has 0 unspecified atom stereocenters. The lowest BCUT2D eigenvalue weighted by molar-refractivity contribution is -0.120. The van der Waals surface area contributed by atoms with Crippen LogP contribution in [0.4, 0.5) is 5.13 Å². The molecule has 0 atom stereocenters. The van der Waals surface area contributed by atoms with Crippen LogP contribution in [0.1, 0.15) is 23.4 Å². The Balaban J connectivity index is 1.32. The average Bonchev–Trinajstić information content (AvgIpc) is 3.21. The quantitative estimate of drug-likeness (QED) is 0.583. The molecule has 31 heavy (non-hydrogen) atoms. The number of benzene rings is 2. The molecule has 10 heteroatoms. The van der Waals surface area contributed by atoms with E-state index in [2.05, 4.69) is 15.5 Å². The number of anilines is 1. The van der Waals surface area contributed by atoms with Gasteiger partial charge in [-0.05, 0) is 42.7 Å². The first-order valence-electron chi connectivity index (χ1n) is 9.85. The molecule has 0 spiro atoms. The van der Waals surface area contributed by atoms with Gasteiger partial charge in [-0.25, -0.2) is 8.42 Å². The number of piperidine rings is 1. The first-order chi connectivity index (χ1) is 14.9. The SMILES string of the molecule is O=C(Nc1nnc(Cc2ccccc2)s1)C1CCN(S(=O)(=O)c2ccc(Cl)cc2)CC1. The zero-order chi connectivity index (χ0) is 21.8. The molecule has 3 aromatic rings. The second-order valence-electron chi connectivity index (χ2n) is 7.28. The Morgan fingerprint density at radius 2 is 1.74 bits per heavy atom. The molecule has 162 valence electrons. The van der Waals surface area contributed by atoms with Crippen LogP contribution < -0.4 is 5.32 Å². The van der Waals surface area contributed by atoms with E-state index in [1.54, 1.807) is 12.1 Å². The fourth-order valence-electron chi connectivity index (χ4n) is 3.47. The fourth-order valence-corrected chi connectivity index (χ4v) is 5.84. The fraction of sp³-hybridized carbons (Fsp3) is 0.286. The highest BCUT2D eigenvalue weighted by Crippen LogP contribution is 2.26. The lowest BCUT2D eigenvalue weighted by Crippen LogP contribution is -2.41. The number of rotatable bonds is 6. The van der Waals surface area contributed by atoms with Crippen LogP contribution in [0.15, 0.2) is 59.5 Å². The van der Waals surface area contributed by atoms with Crippen LogP contribution in [-0.4, -0.2) is 41.9 Å². The molecule has 1 saturated heterocycles. The topological polar surface area (TPSA) is 92.3 Å². The summed E-state index contributed by atoms with van der Waals surface area (Å²) in [4.78, 5) is 12.9. The van der Waals surface area contributed by atoms with E-state index in [1.165, 1.54) is 27.8 Å². The van der Waals surface area contributed by atoms with Crippen LogP contribution in [0.3, 0.4) is 0 Å². The smallest absolute Gasteiger partial charge is 0.243 e. The van der Waals surface area contributed by atoms with Crippen molar-refractivity contribution < 1.29 is 13.2 Å². The minimum Gasteiger partial charge on any atom is -0.300 e. The van der Waals surface area contributed by atoms with Gasteiger partial charge in [-0.2, -0.15) is 4.31 Å². The summed E-state index contributed by atoms with van der Waals surface area (Å²) in [7, 11) is -3.59. The maximum Gasteiger partial charge on any atom is 0.243 e. The van der Waals surface area contributed by atoms with Crippen LogP contribution in [0.2, 0.25) is 5.02 Å². The van der Waals surface area contributed by atoms with E-state index in [0.717, 1.165) is 10.6 Å². The van der Waals surface area contributed by atoms with Gasteiger partial charge < -0.3 is 5.32 Å². The lowest BCUT2D eigenvalue weighted by atomic mass is 9.97. The Hall–Kier alpha value is -2.33. The number of hydrogen-bond donors (Lipinski definition) is 1. The largest absolute Gasteiger partial charge is 0.300 e. The highest BCUT2D eigenvalue weighted by atomic mass is 35.5. The molecule has 1 aromatic heterocycles. The van der Waals surface area contributed by atoms with Crippen LogP contribution in [0.5, 0.6) is 0 Å². The molecule has 0 saturated carbocycles. The third-order valence-corrected chi connectivity index (χ3v) is 8.17. The normalized spacial score (nSPS) is 15.6. The van der Waals surface area contributed by atoms with Gasteiger partial charge in [0.05, 0.1) is 4.90 Å². The molecule has 1 aliphatic rings. The highest BCUT2D eigenvalue weighted by molar-refractivity contribution is 7.89. The molecule has 4 rings (SSSR count). The predicted octanol–water partition coefficient (Wildman–Crippen LogP) is 3.82. The number of amides is 1. The van der Waals surface area contributed by atoms with E-state index < -0.39 is 10.0 Å². The van der Waals surface area contributed by atoms with E-state index in [-0.39, 0.29) is 16.7 Å². The number of nitrogens with zero attached hydrogens (tertiary/aromatic N) is 3. The molecule has 2 aromatic carbocycles. The van der Waals surface area contributed by atoms with E-state index in [0.29, 0.717) is 42.5 Å². The van der Waals surface area contributed by atoms with E-state index in [9.17, 15) is 13.2 Å². The molecule has 7 nitrogen and oxygen atoms in total. The Morgan fingerprint density at radius 1 is 1.06 bits per heavy atom. The van der Waals surface area contributed by atoms with E-state index >= 15 is 0 Å². The zero-order valence-electron chi connectivity index (χ0n) is 16.6. The van der Waals surface area contributed by atoms with Crippen LogP contribution >= 0.6 is 22.9 Å². The molecule has 0 bridgehead atoms. The van der Waals surface area contributed by atoms with E-state index in [4.69, 9.17) is 11.6 Å². The number of halogens is 1. The molecule has 1 amide bonds. The van der Waals surface area contributed by atoms with Crippen molar-refractivity contribution in [1.29, 1.82) is 0 Å². The molecule has 1 aliphatic heterocycles. The number of carbonyl (C=O) groups excluding carboxylic acids is 1. The van der Waals surface area contributed by atoms with Crippen molar-refractivity contribution in [3.63, 3.8) is 0 Å². The maximum absolute atomic E-state index is 12.8. The average molecular weight is 477 g/mol. The molecule has 0 aliphatic carbocycles. The summed E-state index contributed by atoms with van der Waals surface area (Å²) in [6, 6.07) is 16.1. The number of hydrogen-bond acceptors (Lipinski definition) is 6. The Labute approximate surface area is 190 Å². The van der Waals surface area contributed by atoms with Crippen molar-refractivity contribution in [2.45, 2.75) is 24.2 Å². The standard InChI is InChI=1S/C21H21ClN4O3S2/c22-17-6-8-18(9-7-17)31(28,29)26-12-10-16(11-13-26)20(27)23-21-25-24-19(30-21)14-15-4-2-1-3-5-15/h1-9,16H,10-14H2,(H,23,25,27). The van der Waals surface area contributed by atoms with E-state index in [1.807, 2.05) is 30.3 Å². The second-order valence-corrected chi connectivity index (χ2v) is 10.7. The summed E-state index contributed by atoms with van der Waals surface area (Å²) in [5.74, 6) is -0.413. The van der Waals surface area contributed by atoms with Crippen molar-refractivity contribution in [2.24, 2.45) is 5.92 Å². The minimum atomic E-state index is -3.59. The maximum atomic E-state index is 12.8. The van der Waals surface area contributed by atoms with Gasteiger partial charge >= 0.3 is 0 Å². The number of sulfonamides is 1. The minimum absolute atomic E-state index is 0.147. The number of aromatic nitrogens is 2. The van der Waals surface area contributed by atoms with Gasteiger partial charge in [-0.1, -0.05) is 53.3 Å². The first-order valence-corrected chi connectivity index (χ1v) is 12.5. The van der Waals surface area contributed by atoms with Crippen molar-refractivity contribution in [3.8, 4) is 0 Å². The third-order valence-electron chi connectivity index (χ3n) is 5.17. The summed E-state index contributed by atoms with van der Waals surface area (Å²) in [6.07, 6.45) is 1.57. The Kier molecular flexibility index (Phi) is 6.66. The van der Waals surface area contributed by atoms with Crippen molar-refractivity contribution in [1.82, 2.24) is 14.5 Å². The molecular formula is C21H21ClN4O3S2. The van der Waals surface area contributed by atoms with Crippen molar-refractivity contribution in [2.75, 3.05) is 18.4 Å². The highest BCUT2D eigenvalue weighted by Gasteiger charge is 2.32. The molecule has 0 radical (unpaired) electrons. The van der Waals surface area contributed by atoms with Gasteiger partial charge in [0.15, 0.2) is 0 Å². The molecule has 1 fully saturated rings. The summed E-state index contributed by atoms with van der Waals surface area (Å²) in [5.41, 5.74) is 1.13. The molecule has 1 N–H and O–H groups in total. The zero-order valence-corrected chi connectivity index (χ0v) is 19.0. The van der Waals surface area contributed by atoms with Crippen molar-refractivity contribution in [3.05, 3.63) is 70.2 Å². The molecule has 2 heterocycles. The number of nitrogens with one attached hydrogen (secondary N) is 1. The van der Waals surface area contributed by atoms with Gasteiger partial charge in [-0.15, -0.1) is 10.2 Å². The van der Waals surface area contributed by atoms with Crippen LogP contribution in [0, 0.1) is 5.92 Å². The van der Waals surface area contributed by atoms with Gasteiger partial charge in [-0.3, -0.25) is 4.79 Å². The monoisotopic (exact) mass is 476 g/mol. The van der Waals surface area contributed by atoms with Gasteiger partial charge in [0.25, 0.3) is 0 Å².